The average molecular weight is 389 g/mol. The van der Waals surface area contributed by atoms with Gasteiger partial charge in [-0.05, 0) is 42.7 Å². The molecule has 1 aliphatic heterocycles. The lowest BCUT2D eigenvalue weighted by Crippen LogP contribution is -2.44. The summed E-state index contributed by atoms with van der Waals surface area (Å²) in [7, 11) is 1.54. The summed E-state index contributed by atoms with van der Waals surface area (Å²) in [5.41, 5.74) is 1.09. The van der Waals surface area contributed by atoms with Gasteiger partial charge < -0.3 is 14.4 Å². The number of piperidine rings is 1. The minimum Gasteiger partial charge on any atom is -0.496 e. The fourth-order valence-electron chi connectivity index (χ4n) is 4.30. The van der Waals surface area contributed by atoms with Crippen molar-refractivity contribution >= 4 is 17.7 Å². The van der Waals surface area contributed by atoms with Gasteiger partial charge in [0.05, 0.1) is 19.3 Å². The molecule has 6 heteroatoms. The molecule has 0 spiro atoms. The van der Waals surface area contributed by atoms with Crippen LogP contribution in [0.25, 0.3) is 0 Å². The zero-order chi connectivity index (χ0) is 20.1. The highest BCUT2D eigenvalue weighted by atomic mass is 16.5. The zero-order valence-corrected chi connectivity index (χ0v) is 17.2. The Balaban J connectivity index is 1.66. The summed E-state index contributed by atoms with van der Waals surface area (Å²) in [5.74, 6) is 2.16. The molecule has 1 unspecified atom stereocenters. The van der Waals surface area contributed by atoms with Crippen molar-refractivity contribution in [2.75, 3.05) is 32.1 Å². The second kappa shape index (κ2) is 9.30. The Kier molecular flexibility index (Phi) is 6.81. The molecule has 1 aliphatic carbocycles. The second-order valence-electron chi connectivity index (χ2n) is 8.38. The Labute approximate surface area is 167 Å². The third kappa shape index (κ3) is 4.97. The molecule has 3 rings (SSSR count). The highest BCUT2D eigenvalue weighted by Crippen LogP contribution is 2.37. The molecule has 1 N–H and O–H groups in total. The Bertz CT molecular complexity index is 704. The fraction of sp³-hybridized carbons (Fsp3) is 0.636. The Morgan fingerprint density at radius 2 is 1.93 bits per heavy atom. The molecule has 1 aromatic carbocycles. The standard InChI is InChI=1S/C22H32N2O4/c1-15(2)14-28-22(26)23-18-8-9-19(20(12-18)27-3)21(25)24-11-10-16-6-4-5-7-17(16)13-24/h8-9,12,15-17H,4-7,10-11,13-14H2,1-3H3,(H,23,26)/t16-,17?/m0/s1. The number of anilines is 1. The van der Waals surface area contributed by atoms with E-state index in [0.29, 0.717) is 29.5 Å². The number of fused-ring (bicyclic) bond motifs is 1. The SMILES string of the molecule is COc1cc(NC(=O)OCC(C)C)ccc1C(=O)N1CC[C@@H]2CCCCC2C1. The maximum atomic E-state index is 13.1. The molecule has 1 aromatic rings. The molecule has 0 bridgehead atoms. The Morgan fingerprint density at radius 3 is 2.64 bits per heavy atom. The van der Waals surface area contributed by atoms with E-state index < -0.39 is 6.09 Å². The highest BCUT2D eigenvalue weighted by Gasteiger charge is 2.33. The smallest absolute Gasteiger partial charge is 0.411 e. The number of nitrogens with one attached hydrogen (secondary N) is 1. The summed E-state index contributed by atoms with van der Waals surface area (Å²) in [4.78, 5) is 26.9. The molecule has 0 radical (unpaired) electrons. The minimum atomic E-state index is -0.505. The molecular weight excluding hydrogens is 356 g/mol. The maximum absolute atomic E-state index is 13.1. The first kappa shape index (κ1) is 20.5. The highest BCUT2D eigenvalue weighted by molar-refractivity contribution is 5.98. The lowest BCUT2D eigenvalue weighted by Gasteiger charge is -2.41. The first-order valence-electron chi connectivity index (χ1n) is 10.4. The quantitative estimate of drug-likeness (QED) is 0.803. The molecule has 6 nitrogen and oxygen atoms in total. The molecule has 2 aliphatic rings. The van der Waals surface area contributed by atoms with Crippen molar-refractivity contribution < 1.29 is 19.1 Å². The maximum Gasteiger partial charge on any atom is 0.411 e. The lowest BCUT2D eigenvalue weighted by atomic mass is 9.75. The summed E-state index contributed by atoms with van der Waals surface area (Å²) < 4.78 is 10.6. The van der Waals surface area contributed by atoms with Gasteiger partial charge in [0.25, 0.3) is 5.91 Å². The number of ether oxygens (including phenoxy) is 2. The minimum absolute atomic E-state index is 0.00908. The van der Waals surface area contributed by atoms with Gasteiger partial charge in [0, 0.05) is 24.8 Å². The third-order valence-electron chi connectivity index (χ3n) is 5.80. The number of nitrogens with zero attached hydrogens (tertiary/aromatic N) is 1. The van der Waals surface area contributed by atoms with Gasteiger partial charge in [-0.25, -0.2) is 4.79 Å². The van der Waals surface area contributed by atoms with Crippen LogP contribution in [-0.2, 0) is 4.74 Å². The summed E-state index contributed by atoms with van der Waals surface area (Å²) in [6.45, 7) is 5.97. The van der Waals surface area contributed by atoms with E-state index in [1.807, 2.05) is 18.7 Å². The van der Waals surface area contributed by atoms with E-state index in [9.17, 15) is 9.59 Å². The number of likely N-dealkylation sites (tertiary alicyclic amines) is 1. The van der Waals surface area contributed by atoms with Crippen LogP contribution in [0.2, 0.25) is 0 Å². The van der Waals surface area contributed by atoms with Crippen LogP contribution in [0, 0.1) is 17.8 Å². The van der Waals surface area contributed by atoms with Crippen molar-refractivity contribution in [1.82, 2.24) is 4.90 Å². The molecule has 28 heavy (non-hydrogen) atoms. The first-order valence-corrected chi connectivity index (χ1v) is 10.4. The van der Waals surface area contributed by atoms with Crippen LogP contribution in [0.5, 0.6) is 5.75 Å². The third-order valence-corrected chi connectivity index (χ3v) is 5.80. The molecule has 0 aromatic heterocycles. The number of benzene rings is 1. The van der Waals surface area contributed by atoms with Crippen LogP contribution in [0.1, 0.15) is 56.3 Å². The summed E-state index contributed by atoms with van der Waals surface area (Å²) in [6, 6.07) is 5.13. The van der Waals surface area contributed by atoms with Crippen LogP contribution < -0.4 is 10.1 Å². The van der Waals surface area contributed by atoms with Crippen LogP contribution >= 0.6 is 0 Å². The molecule has 2 fully saturated rings. The normalized spacial score (nSPS) is 21.8. The van der Waals surface area contributed by atoms with Crippen molar-refractivity contribution in [1.29, 1.82) is 0 Å². The Morgan fingerprint density at radius 1 is 1.18 bits per heavy atom. The number of hydrogen-bond acceptors (Lipinski definition) is 4. The number of rotatable bonds is 5. The summed E-state index contributed by atoms with van der Waals surface area (Å²) >= 11 is 0. The first-order chi connectivity index (χ1) is 13.5. The van der Waals surface area contributed by atoms with Gasteiger partial charge >= 0.3 is 6.09 Å². The van der Waals surface area contributed by atoms with Gasteiger partial charge in [-0.2, -0.15) is 0 Å². The van der Waals surface area contributed by atoms with Gasteiger partial charge in [0.2, 0.25) is 0 Å². The summed E-state index contributed by atoms with van der Waals surface area (Å²) in [6.07, 6.45) is 5.74. The zero-order valence-electron chi connectivity index (χ0n) is 17.2. The van der Waals surface area contributed by atoms with Gasteiger partial charge in [-0.15, -0.1) is 0 Å². The van der Waals surface area contributed by atoms with Gasteiger partial charge in [-0.3, -0.25) is 10.1 Å². The largest absolute Gasteiger partial charge is 0.496 e. The second-order valence-corrected chi connectivity index (χ2v) is 8.38. The van der Waals surface area contributed by atoms with E-state index in [2.05, 4.69) is 5.32 Å². The topological polar surface area (TPSA) is 67.9 Å². The van der Waals surface area contributed by atoms with Crippen LogP contribution in [0.3, 0.4) is 0 Å². The van der Waals surface area contributed by atoms with Crippen LogP contribution in [0.4, 0.5) is 10.5 Å². The molecular formula is C22H32N2O4. The molecule has 2 amide bonds. The molecule has 2 atom stereocenters. The van der Waals surface area contributed by atoms with Crippen LogP contribution in [0.15, 0.2) is 18.2 Å². The fourth-order valence-corrected chi connectivity index (χ4v) is 4.30. The van der Waals surface area contributed by atoms with Crippen molar-refractivity contribution in [2.45, 2.75) is 46.0 Å². The van der Waals surface area contributed by atoms with Crippen molar-refractivity contribution in [3.05, 3.63) is 23.8 Å². The van der Waals surface area contributed by atoms with Gasteiger partial charge in [0.1, 0.15) is 5.75 Å². The predicted molar refractivity (Wildman–Crippen MR) is 109 cm³/mol. The summed E-state index contributed by atoms with van der Waals surface area (Å²) in [5, 5.41) is 2.69. The molecule has 154 valence electrons. The molecule has 1 saturated carbocycles. The lowest BCUT2D eigenvalue weighted by molar-refractivity contribution is 0.0518. The predicted octanol–water partition coefficient (Wildman–Crippen LogP) is 4.55. The van der Waals surface area contributed by atoms with E-state index in [-0.39, 0.29) is 11.8 Å². The van der Waals surface area contributed by atoms with Crippen molar-refractivity contribution in [2.24, 2.45) is 17.8 Å². The van der Waals surface area contributed by atoms with Crippen molar-refractivity contribution in [3.8, 4) is 5.75 Å². The molecule has 1 heterocycles. The van der Waals surface area contributed by atoms with Gasteiger partial charge in [-0.1, -0.05) is 33.1 Å². The van der Waals surface area contributed by atoms with E-state index in [0.717, 1.165) is 25.4 Å². The van der Waals surface area contributed by atoms with E-state index >= 15 is 0 Å². The van der Waals surface area contributed by atoms with Gasteiger partial charge in [0.15, 0.2) is 0 Å². The number of carbonyl (C=O) groups is 2. The monoisotopic (exact) mass is 388 g/mol. The number of methoxy groups -OCH3 is 1. The van der Waals surface area contributed by atoms with Crippen LogP contribution in [-0.4, -0.2) is 43.7 Å². The van der Waals surface area contributed by atoms with Crippen molar-refractivity contribution in [3.63, 3.8) is 0 Å². The molecule has 1 saturated heterocycles. The van der Waals surface area contributed by atoms with E-state index in [4.69, 9.17) is 9.47 Å². The number of hydrogen-bond donors (Lipinski definition) is 1. The van der Waals surface area contributed by atoms with E-state index in [1.54, 1.807) is 25.3 Å². The Hall–Kier alpha value is -2.24. The number of amides is 2. The average Bonchev–Trinajstić information content (AvgIpc) is 2.71. The number of carbonyl (C=O) groups excluding carboxylic acids is 2. The van der Waals surface area contributed by atoms with E-state index in [1.165, 1.54) is 25.7 Å².